The van der Waals surface area contributed by atoms with E-state index in [9.17, 15) is 4.79 Å². The van der Waals surface area contributed by atoms with Crippen LogP contribution in [0.1, 0.15) is 11.1 Å². The number of thioether (sulfide) groups is 1. The maximum atomic E-state index is 12.1. The van der Waals surface area contributed by atoms with Gasteiger partial charge in [0.15, 0.2) is 0 Å². The fraction of sp³-hybridized carbons (Fsp3) is 0.158. The van der Waals surface area contributed by atoms with Crippen molar-refractivity contribution < 1.29 is 4.79 Å². The summed E-state index contributed by atoms with van der Waals surface area (Å²) in [6.07, 6.45) is 5.38. The molecule has 4 nitrogen and oxygen atoms in total. The molecule has 0 spiro atoms. The molecule has 0 bridgehead atoms. The normalized spacial score (nSPS) is 10.6. The first-order chi connectivity index (χ1) is 12.2. The van der Waals surface area contributed by atoms with Crippen molar-refractivity contribution >= 4 is 29.3 Å². The van der Waals surface area contributed by atoms with E-state index in [4.69, 9.17) is 11.6 Å². The minimum absolute atomic E-state index is 0.0208. The molecule has 0 aliphatic carbocycles. The Morgan fingerprint density at radius 2 is 2.08 bits per heavy atom. The van der Waals surface area contributed by atoms with Crippen LogP contribution in [0.15, 0.2) is 67.3 Å². The number of halogens is 1. The third kappa shape index (κ3) is 5.11. The zero-order chi connectivity index (χ0) is 17.5. The van der Waals surface area contributed by atoms with Crippen LogP contribution in [-0.2, 0) is 17.1 Å². The smallest absolute Gasteiger partial charge is 0.230 e. The lowest BCUT2D eigenvalue weighted by atomic mass is 10.1. The van der Waals surface area contributed by atoms with E-state index in [0.717, 1.165) is 27.6 Å². The number of imidazole rings is 1. The second kappa shape index (κ2) is 8.74. The Morgan fingerprint density at radius 3 is 2.88 bits per heavy atom. The Bertz CT molecular complexity index is 836. The summed E-state index contributed by atoms with van der Waals surface area (Å²) in [6.45, 7) is 0.491. The quantitative estimate of drug-likeness (QED) is 0.680. The highest BCUT2D eigenvalue weighted by Gasteiger charge is 2.06. The number of aromatic nitrogens is 2. The van der Waals surface area contributed by atoms with Gasteiger partial charge in [-0.1, -0.05) is 41.9 Å². The van der Waals surface area contributed by atoms with Crippen molar-refractivity contribution in [2.75, 3.05) is 5.75 Å². The summed E-state index contributed by atoms with van der Waals surface area (Å²) in [5.41, 5.74) is 3.19. The second-order valence-corrected chi connectivity index (χ2v) is 6.92. The van der Waals surface area contributed by atoms with Gasteiger partial charge in [0.05, 0.1) is 17.8 Å². The summed E-state index contributed by atoms with van der Waals surface area (Å²) < 4.78 is 1.94. The van der Waals surface area contributed by atoms with Gasteiger partial charge in [-0.3, -0.25) is 4.79 Å². The van der Waals surface area contributed by atoms with Crippen LogP contribution in [0.2, 0.25) is 5.02 Å². The Labute approximate surface area is 156 Å². The highest BCUT2D eigenvalue weighted by Crippen LogP contribution is 2.17. The monoisotopic (exact) mass is 371 g/mol. The summed E-state index contributed by atoms with van der Waals surface area (Å²) in [5.74, 6) is 1.20. The number of benzene rings is 2. The van der Waals surface area contributed by atoms with Gasteiger partial charge < -0.3 is 9.88 Å². The van der Waals surface area contributed by atoms with Gasteiger partial charge in [-0.15, -0.1) is 11.8 Å². The van der Waals surface area contributed by atoms with Crippen LogP contribution >= 0.6 is 23.4 Å². The molecule has 6 heteroatoms. The average Bonchev–Trinajstić information content (AvgIpc) is 3.15. The van der Waals surface area contributed by atoms with Gasteiger partial charge in [-0.05, 0) is 29.3 Å². The number of carbonyl (C=O) groups excluding carboxylic acids is 1. The van der Waals surface area contributed by atoms with Gasteiger partial charge in [0, 0.05) is 29.7 Å². The van der Waals surface area contributed by atoms with Crippen molar-refractivity contribution in [3.63, 3.8) is 0 Å². The SMILES string of the molecule is O=C(CSCc1cccc(Cl)c1)NCc1ccccc1-n1ccnc1. The highest BCUT2D eigenvalue weighted by atomic mass is 35.5. The molecule has 0 aliphatic rings. The molecule has 1 heterocycles. The Balaban J connectivity index is 1.50. The zero-order valence-electron chi connectivity index (χ0n) is 13.6. The van der Waals surface area contributed by atoms with Gasteiger partial charge in [0.25, 0.3) is 0 Å². The van der Waals surface area contributed by atoms with E-state index < -0.39 is 0 Å². The standard InChI is InChI=1S/C19H18ClN3OS/c20-17-6-3-4-15(10-17)12-25-13-19(24)22-11-16-5-1-2-7-18(16)23-9-8-21-14-23/h1-10,14H,11-13H2,(H,22,24). The van der Waals surface area contributed by atoms with Crippen LogP contribution in [0, 0.1) is 0 Å². The van der Waals surface area contributed by atoms with Crippen LogP contribution in [-0.4, -0.2) is 21.2 Å². The largest absolute Gasteiger partial charge is 0.351 e. The molecule has 25 heavy (non-hydrogen) atoms. The van der Waals surface area contributed by atoms with Crippen molar-refractivity contribution in [3.05, 3.63) is 83.4 Å². The lowest BCUT2D eigenvalue weighted by Crippen LogP contribution is -2.25. The number of hydrogen-bond acceptors (Lipinski definition) is 3. The van der Waals surface area contributed by atoms with Gasteiger partial charge in [-0.2, -0.15) is 0 Å². The van der Waals surface area contributed by atoms with Gasteiger partial charge in [-0.25, -0.2) is 4.98 Å². The Kier molecular flexibility index (Phi) is 6.14. The Morgan fingerprint density at radius 1 is 1.20 bits per heavy atom. The highest BCUT2D eigenvalue weighted by molar-refractivity contribution is 7.99. The van der Waals surface area contributed by atoms with Gasteiger partial charge >= 0.3 is 0 Å². The van der Waals surface area contributed by atoms with E-state index in [1.54, 1.807) is 24.3 Å². The van der Waals surface area contributed by atoms with E-state index in [2.05, 4.69) is 10.3 Å². The lowest BCUT2D eigenvalue weighted by molar-refractivity contribution is -0.118. The number of rotatable bonds is 7. The molecule has 0 saturated heterocycles. The fourth-order valence-corrected chi connectivity index (χ4v) is 3.46. The molecule has 1 amide bonds. The second-order valence-electron chi connectivity index (χ2n) is 5.50. The van der Waals surface area contributed by atoms with Crippen molar-refractivity contribution in [1.29, 1.82) is 0 Å². The van der Waals surface area contributed by atoms with Gasteiger partial charge in [0.1, 0.15) is 0 Å². The molecule has 3 rings (SSSR count). The van der Waals surface area contributed by atoms with Crippen molar-refractivity contribution in [2.24, 2.45) is 0 Å². The predicted molar refractivity (Wildman–Crippen MR) is 103 cm³/mol. The van der Waals surface area contributed by atoms with E-state index in [-0.39, 0.29) is 5.91 Å². The van der Waals surface area contributed by atoms with Crippen molar-refractivity contribution in [1.82, 2.24) is 14.9 Å². The number of nitrogens with zero attached hydrogens (tertiary/aromatic N) is 2. The summed E-state index contributed by atoms with van der Waals surface area (Å²) >= 11 is 7.54. The third-order valence-corrected chi connectivity index (χ3v) is 4.88. The number of hydrogen-bond donors (Lipinski definition) is 1. The third-order valence-electron chi connectivity index (χ3n) is 3.64. The molecule has 1 aromatic heterocycles. The van der Waals surface area contributed by atoms with Crippen LogP contribution < -0.4 is 5.32 Å². The first-order valence-corrected chi connectivity index (χ1v) is 9.41. The van der Waals surface area contributed by atoms with E-state index in [1.807, 2.05) is 59.3 Å². The number of para-hydroxylation sites is 1. The molecule has 0 saturated carbocycles. The summed E-state index contributed by atoms with van der Waals surface area (Å²) in [5, 5.41) is 3.70. The molecule has 0 unspecified atom stereocenters. The minimum Gasteiger partial charge on any atom is -0.351 e. The lowest BCUT2D eigenvalue weighted by Gasteiger charge is -2.11. The molecular weight excluding hydrogens is 354 g/mol. The number of nitrogens with one attached hydrogen (secondary N) is 1. The molecular formula is C19H18ClN3OS. The van der Waals surface area contributed by atoms with Crippen LogP contribution in [0.25, 0.3) is 5.69 Å². The number of amides is 1. The van der Waals surface area contributed by atoms with E-state index >= 15 is 0 Å². The average molecular weight is 372 g/mol. The Hall–Kier alpha value is -2.24. The summed E-state index contributed by atoms with van der Waals surface area (Å²) in [6, 6.07) is 15.7. The molecule has 3 aromatic rings. The maximum absolute atomic E-state index is 12.1. The van der Waals surface area contributed by atoms with Gasteiger partial charge in [0.2, 0.25) is 5.91 Å². The first kappa shape index (κ1) is 17.6. The van der Waals surface area contributed by atoms with Crippen LogP contribution in [0.5, 0.6) is 0 Å². The fourth-order valence-electron chi connectivity index (χ4n) is 2.45. The molecule has 2 aromatic carbocycles. The summed E-state index contributed by atoms with van der Waals surface area (Å²) in [7, 11) is 0. The molecule has 0 radical (unpaired) electrons. The summed E-state index contributed by atoms with van der Waals surface area (Å²) in [4.78, 5) is 16.2. The predicted octanol–water partition coefficient (Wildman–Crippen LogP) is 4.08. The van der Waals surface area contributed by atoms with E-state index in [0.29, 0.717) is 12.3 Å². The molecule has 1 N–H and O–H groups in total. The van der Waals surface area contributed by atoms with Crippen LogP contribution in [0.3, 0.4) is 0 Å². The van der Waals surface area contributed by atoms with Crippen molar-refractivity contribution in [3.8, 4) is 5.69 Å². The maximum Gasteiger partial charge on any atom is 0.230 e. The van der Waals surface area contributed by atoms with Crippen LogP contribution in [0.4, 0.5) is 0 Å². The molecule has 0 aliphatic heterocycles. The minimum atomic E-state index is 0.0208. The molecule has 0 fully saturated rings. The molecule has 0 atom stereocenters. The molecule has 128 valence electrons. The topological polar surface area (TPSA) is 46.9 Å². The number of carbonyl (C=O) groups is 1. The first-order valence-electron chi connectivity index (χ1n) is 7.87. The van der Waals surface area contributed by atoms with Crippen molar-refractivity contribution in [2.45, 2.75) is 12.3 Å². The van der Waals surface area contributed by atoms with E-state index in [1.165, 1.54) is 0 Å². The zero-order valence-corrected chi connectivity index (χ0v) is 15.1.